The Balaban J connectivity index is 1.76. The van der Waals surface area contributed by atoms with E-state index >= 15 is 0 Å². The largest absolute Gasteiger partial charge is 0.423 e. The molecule has 0 radical (unpaired) electrons. The Morgan fingerprint density at radius 2 is 1.54 bits per heavy atom. The van der Waals surface area contributed by atoms with Gasteiger partial charge in [0.05, 0.1) is 27.8 Å². The van der Waals surface area contributed by atoms with E-state index < -0.39 is 16.0 Å². The Bertz CT molecular complexity index is 1120. The van der Waals surface area contributed by atoms with Gasteiger partial charge in [0.1, 0.15) is 5.75 Å². The Morgan fingerprint density at radius 1 is 0.929 bits per heavy atom. The maximum absolute atomic E-state index is 12.7. The third-order valence-corrected chi connectivity index (χ3v) is 5.86. The van der Waals surface area contributed by atoms with Gasteiger partial charge in [0.2, 0.25) is 0 Å². The second-order valence-electron chi connectivity index (χ2n) is 5.86. The van der Waals surface area contributed by atoms with Gasteiger partial charge >= 0.3 is 5.97 Å². The zero-order chi connectivity index (χ0) is 20.1. The number of sulfonamides is 1. The van der Waals surface area contributed by atoms with Gasteiger partial charge in [-0.3, -0.25) is 4.31 Å². The van der Waals surface area contributed by atoms with Gasteiger partial charge in [0, 0.05) is 7.05 Å². The molecule has 7 heteroatoms. The molecule has 0 spiro atoms. The van der Waals surface area contributed by atoms with Crippen molar-refractivity contribution in [3.05, 3.63) is 90.0 Å². The summed E-state index contributed by atoms with van der Waals surface area (Å²) in [6, 6.07) is 22.3. The number of rotatable bonds is 5. The molecule has 0 amide bonds. The number of anilines is 1. The molecule has 3 aromatic rings. The molecule has 0 heterocycles. The highest BCUT2D eigenvalue weighted by atomic mass is 32.2. The smallest absolute Gasteiger partial charge is 0.343 e. The highest BCUT2D eigenvalue weighted by Crippen LogP contribution is 2.22. The number of para-hydroxylation sites is 1. The van der Waals surface area contributed by atoms with Crippen molar-refractivity contribution in [2.24, 2.45) is 0 Å². The third-order valence-electron chi connectivity index (χ3n) is 4.06. The molecule has 0 aliphatic rings. The van der Waals surface area contributed by atoms with E-state index in [0.29, 0.717) is 17.0 Å². The van der Waals surface area contributed by atoms with Gasteiger partial charge in [-0.15, -0.1) is 0 Å². The Labute approximate surface area is 163 Å². The van der Waals surface area contributed by atoms with Crippen LogP contribution in [0, 0.1) is 11.3 Å². The van der Waals surface area contributed by atoms with Gasteiger partial charge in [0.15, 0.2) is 0 Å². The lowest BCUT2D eigenvalue weighted by Gasteiger charge is -2.19. The van der Waals surface area contributed by atoms with Crippen LogP contribution in [0.25, 0.3) is 0 Å². The van der Waals surface area contributed by atoms with Crippen LogP contribution in [0.1, 0.15) is 15.9 Å². The fourth-order valence-corrected chi connectivity index (χ4v) is 3.66. The fourth-order valence-electron chi connectivity index (χ4n) is 2.46. The normalized spacial score (nSPS) is 10.7. The summed E-state index contributed by atoms with van der Waals surface area (Å²) in [6.07, 6.45) is 0. The summed E-state index contributed by atoms with van der Waals surface area (Å²) in [5.41, 5.74) is 1.20. The SMILES string of the molecule is CN(c1ccccc1)S(=O)(=O)c1ccc(C(=O)Oc2ccc(C#N)cc2)cc1. The van der Waals surface area contributed by atoms with E-state index in [1.165, 1.54) is 59.9 Å². The first-order valence-corrected chi connectivity index (χ1v) is 9.72. The molecule has 0 atom stereocenters. The first-order chi connectivity index (χ1) is 13.4. The maximum Gasteiger partial charge on any atom is 0.343 e. The van der Waals surface area contributed by atoms with E-state index in [2.05, 4.69) is 0 Å². The molecular weight excluding hydrogens is 376 g/mol. The summed E-state index contributed by atoms with van der Waals surface area (Å²) >= 11 is 0. The van der Waals surface area contributed by atoms with Crippen LogP contribution >= 0.6 is 0 Å². The zero-order valence-electron chi connectivity index (χ0n) is 14.9. The molecule has 28 heavy (non-hydrogen) atoms. The summed E-state index contributed by atoms with van der Waals surface area (Å²) in [4.78, 5) is 12.3. The van der Waals surface area contributed by atoms with Gasteiger partial charge < -0.3 is 4.74 Å². The summed E-state index contributed by atoms with van der Waals surface area (Å²) in [6.45, 7) is 0. The van der Waals surface area contributed by atoms with E-state index in [1.54, 1.807) is 30.3 Å². The minimum atomic E-state index is -3.75. The van der Waals surface area contributed by atoms with Crippen molar-refractivity contribution in [3.8, 4) is 11.8 Å². The minimum Gasteiger partial charge on any atom is -0.423 e. The van der Waals surface area contributed by atoms with Crippen LogP contribution in [-0.4, -0.2) is 21.4 Å². The molecule has 0 aliphatic heterocycles. The zero-order valence-corrected chi connectivity index (χ0v) is 15.8. The Morgan fingerprint density at radius 3 is 2.11 bits per heavy atom. The van der Waals surface area contributed by atoms with Gasteiger partial charge in [-0.05, 0) is 60.7 Å². The molecule has 6 nitrogen and oxygen atoms in total. The average molecular weight is 392 g/mol. The van der Waals surface area contributed by atoms with E-state index in [0.717, 1.165) is 0 Å². The standard InChI is InChI=1S/C21H16N2O4S/c1-23(18-5-3-2-4-6-18)28(25,26)20-13-9-17(10-14-20)21(24)27-19-11-7-16(15-22)8-12-19/h2-14H,1H3. The molecule has 0 saturated heterocycles. The molecule has 0 aliphatic carbocycles. The van der Waals surface area contributed by atoms with Gasteiger partial charge in [-0.2, -0.15) is 5.26 Å². The summed E-state index contributed by atoms with van der Waals surface area (Å²) in [5.74, 6) is -0.324. The van der Waals surface area contributed by atoms with Crippen LogP contribution in [0.15, 0.2) is 83.8 Å². The number of ether oxygens (including phenoxy) is 1. The van der Waals surface area contributed by atoms with E-state index in [9.17, 15) is 13.2 Å². The van der Waals surface area contributed by atoms with Crippen LogP contribution in [-0.2, 0) is 10.0 Å². The average Bonchev–Trinajstić information content (AvgIpc) is 2.74. The van der Waals surface area contributed by atoms with Crippen molar-refractivity contribution in [1.82, 2.24) is 0 Å². The summed E-state index contributed by atoms with van der Waals surface area (Å²) in [5, 5.41) is 8.78. The first kappa shape index (κ1) is 19.1. The van der Waals surface area contributed by atoms with Crippen LogP contribution in [0.4, 0.5) is 5.69 Å². The van der Waals surface area contributed by atoms with Crippen molar-refractivity contribution in [2.75, 3.05) is 11.4 Å². The summed E-state index contributed by atoms with van der Waals surface area (Å²) < 4.78 is 31.9. The van der Waals surface area contributed by atoms with Crippen LogP contribution < -0.4 is 9.04 Å². The highest BCUT2D eigenvalue weighted by molar-refractivity contribution is 7.92. The number of benzene rings is 3. The lowest BCUT2D eigenvalue weighted by molar-refractivity contribution is 0.0734. The van der Waals surface area contributed by atoms with Crippen LogP contribution in [0.5, 0.6) is 5.75 Å². The van der Waals surface area contributed by atoms with Crippen LogP contribution in [0.3, 0.4) is 0 Å². The number of hydrogen-bond acceptors (Lipinski definition) is 5. The molecule has 0 bridgehead atoms. The quantitative estimate of drug-likeness (QED) is 0.489. The van der Waals surface area contributed by atoms with Crippen molar-refractivity contribution in [1.29, 1.82) is 5.26 Å². The number of nitriles is 1. The molecule has 3 rings (SSSR count). The number of carbonyl (C=O) groups excluding carboxylic acids is 1. The highest BCUT2D eigenvalue weighted by Gasteiger charge is 2.21. The molecule has 0 fully saturated rings. The first-order valence-electron chi connectivity index (χ1n) is 8.28. The Kier molecular flexibility index (Phi) is 5.43. The van der Waals surface area contributed by atoms with Gasteiger partial charge in [-0.25, -0.2) is 13.2 Å². The topological polar surface area (TPSA) is 87.5 Å². The molecule has 0 aromatic heterocycles. The lowest BCUT2D eigenvalue weighted by atomic mass is 10.2. The molecule has 0 saturated carbocycles. The molecular formula is C21H16N2O4S. The number of esters is 1. The van der Waals surface area contributed by atoms with Gasteiger partial charge in [-0.1, -0.05) is 18.2 Å². The minimum absolute atomic E-state index is 0.0637. The number of nitrogens with zero attached hydrogens (tertiary/aromatic N) is 2. The van der Waals surface area contributed by atoms with Crippen LogP contribution in [0.2, 0.25) is 0 Å². The predicted octanol–water partition coefficient (Wildman–Crippen LogP) is 3.60. The predicted molar refractivity (Wildman–Crippen MR) is 105 cm³/mol. The van der Waals surface area contributed by atoms with Crippen molar-refractivity contribution >= 4 is 21.7 Å². The van der Waals surface area contributed by atoms with E-state index in [4.69, 9.17) is 10.00 Å². The summed E-state index contributed by atoms with van der Waals surface area (Å²) in [7, 11) is -2.28. The van der Waals surface area contributed by atoms with Crippen molar-refractivity contribution in [3.63, 3.8) is 0 Å². The fraction of sp³-hybridized carbons (Fsp3) is 0.0476. The monoisotopic (exact) mass is 392 g/mol. The van der Waals surface area contributed by atoms with Gasteiger partial charge in [0.25, 0.3) is 10.0 Å². The third kappa shape index (κ3) is 4.03. The lowest BCUT2D eigenvalue weighted by Crippen LogP contribution is -2.26. The molecule has 140 valence electrons. The molecule has 0 N–H and O–H groups in total. The number of hydrogen-bond donors (Lipinski definition) is 0. The number of carbonyl (C=O) groups is 1. The second-order valence-corrected chi connectivity index (χ2v) is 7.83. The second kappa shape index (κ2) is 7.94. The Hall–Kier alpha value is -3.63. The van der Waals surface area contributed by atoms with Crippen molar-refractivity contribution < 1.29 is 17.9 Å². The maximum atomic E-state index is 12.7. The van der Waals surface area contributed by atoms with E-state index in [1.807, 2.05) is 6.07 Å². The molecule has 3 aromatic carbocycles. The van der Waals surface area contributed by atoms with Crippen molar-refractivity contribution in [2.45, 2.75) is 4.90 Å². The van der Waals surface area contributed by atoms with E-state index in [-0.39, 0.29) is 10.5 Å². The molecule has 0 unspecified atom stereocenters.